The molecule has 1 atom stereocenters. The maximum Gasteiger partial charge on any atom is 0.320 e. The second-order valence-electron chi connectivity index (χ2n) is 8.39. The fraction of sp³-hybridized carbons (Fsp3) is 0.333. The summed E-state index contributed by atoms with van der Waals surface area (Å²) in [6, 6.07) is 10.8. The van der Waals surface area contributed by atoms with Crippen molar-refractivity contribution >= 4 is 28.5 Å². The van der Waals surface area contributed by atoms with Gasteiger partial charge in [-0.3, -0.25) is 9.53 Å². The summed E-state index contributed by atoms with van der Waals surface area (Å²) in [6.45, 7) is 2.58. The Balaban J connectivity index is 1.52. The molecular weight excluding hydrogens is 471 g/mol. The number of morpholine rings is 1. The van der Waals surface area contributed by atoms with Crippen LogP contribution in [-0.4, -0.2) is 58.5 Å². The molecular formula is C24H25FN6O3S. The molecule has 2 aliphatic rings. The molecule has 182 valence electrons. The predicted molar refractivity (Wildman–Crippen MR) is 130 cm³/mol. The molecule has 9 nitrogen and oxygen atoms in total. The van der Waals surface area contributed by atoms with Gasteiger partial charge < -0.3 is 15.0 Å². The fourth-order valence-corrected chi connectivity index (χ4v) is 5.57. The average Bonchev–Trinajstić information content (AvgIpc) is 3.71. The molecule has 35 heavy (non-hydrogen) atoms. The second kappa shape index (κ2) is 9.67. The highest BCUT2D eigenvalue weighted by molar-refractivity contribution is 7.86. The van der Waals surface area contributed by atoms with Gasteiger partial charge in [0, 0.05) is 42.9 Å². The number of carbonyl (C=O) groups excluding carboxylic acids is 1. The number of amides is 2. The standard InChI is InChI=1S/C24H25FN6O3S/c1-26-23(32)29-20-7-2-16(15-27-20)22-28-19(14-21(30-22)31-10-12-34-13-11-31)24(8-9-24)35(33)18-5-3-17(25)4-6-18/h2-7,14-15H,8-13H2,1H3,(H2,26,27,29,32). The van der Waals surface area contributed by atoms with Crippen LogP contribution in [0.5, 0.6) is 0 Å². The van der Waals surface area contributed by atoms with Gasteiger partial charge in [-0.2, -0.15) is 0 Å². The number of hydrogen-bond donors (Lipinski definition) is 2. The van der Waals surface area contributed by atoms with Gasteiger partial charge in [0.25, 0.3) is 0 Å². The van der Waals surface area contributed by atoms with E-state index in [4.69, 9.17) is 14.7 Å². The smallest absolute Gasteiger partial charge is 0.320 e. The van der Waals surface area contributed by atoms with Gasteiger partial charge in [0.05, 0.1) is 34.5 Å². The van der Waals surface area contributed by atoms with Crippen LogP contribution < -0.4 is 15.5 Å². The zero-order valence-electron chi connectivity index (χ0n) is 19.2. The van der Waals surface area contributed by atoms with Crippen LogP contribution in [0.2, 0.25) is 0 Å². The quantitative estimate of drug-likeness (QED) is 0.540. The molecule has 1 unspecified atom stereocenters. The molecule has 1 saturated heterocycles. The van der Waals surface area contributed by atoms with Crippen LogP contribution >= 0.6 is 0 Å². The summed E-state index contributed by atoms with van der Waals surface area (Å²) in [5, 5.41) is 5.11. The number of nitrogens with one attached hydrogen (secondary N) is 2. The van der Waals surface area contributed by atoms with Crippen molar-refractivity contribution in [3.63, 3.8) is 0 Å². The maximum absolute atomic E-state index is 13.6. The molecule has 2 aromatic heterocycles. The highest BCUT2D eigenvalue weighted by atomic mass is 32.2. The number of halogens is 1. The molecule has 3 heterocycles. The van der Waals surface area contributed by atoms with Crippen LogP contribution in [0.25, 0.3) is 11.4 Å². The first-order valence-electron chi connectivity index (χ1n) is 11.3. The van der Waals surface area contributed by atoms with Crippen LogP contribution in [0.15, 0.2) is 53.6 Å². The molecule has 5 rings (SSSR count). The minimum atomic E-state index is -1.40. The van der Waals surface area contributed by atoms with Gasteiger partial charge in [-0.1, -0.05) is 0 Å². The lowest BCUT2D eigenvalue weighted by Crippen LogP contribution is -2.37. The van der Waals surface area contributed by atoms with Gasteiger partial charge in [-0.15, -0.1) is 0 Å². The van der Waals surface area contributed by atoms with Crippen LogP contribution in [-0.2, 0) is 20.3 Å². The highest BCUT2D eigenvalue weighted by Crippen LogP contribution is 2.53. The number of hydrogen-bond acceptors (Lipinski definition) is 7. The summed E-state index contributed by atoms with van der Waals surface area (Å²) < 4.78 is 31.9. The topological polar surface area (TPSA) is 109 Å². The first-order chi connectivity index (χ1) is 17.0. The number of rotatable bonds is 6. The molecule has 1 aromatic carbocycles. The zero-order chi connectivity index (χ0) is 24.4. The highest BCUT2D eigenvalue weighted by Gasteiger charge is 2.52. The van der Waals surface area contributed by atoms with Gasteiger partial charge in [0.1, 0.15) is 17.5 Å². The lowest BCUT2D eigenvalue weighted by atomic mass is 10.2. The van der Waals surface area contributed by atoms with E-state index < -0.39 is 15.5 Å². The first kappa shape index (κ1) is 23.3. The van der Waals surface area contributed by atoms with Gasteiger partial charge >= 0.3 is 6.03 Å². The molecule has 0 bridgehead atoms. The first-order valence-corrected chi connectivity index (χ1v) is 12.5. The van der Waals surface area contributed by atoms with Gasteiger partial charge in [-0.25, -0.2) is 24.1 Å². The largest absolute Gasteiger partial charge is 0.378 e. The Kier molecular flexibility index (Phi) is 6.44. The van der Waals surface area contributed by atoms with E-state index in [-0.39, 0.29) is 11.8 Å². The third-order valence-corrected chi connectivity index (χ3v) is 8.12. The van der Waals surface area contributed by atoms with Crippen molar-refractivity contribution in [3.8, 4) is 11.4 Å². The van der Waals surface area contributed by atoms with Crippen molar-refractivity contribution in [2.24, 2.45) is 0 Å². The summed E-state index contributed by atoms with van der Waals surface area (Å²) in [5.41, 5.74) is 1.37. The molecule has 1 aliphatic heterocycles. The minimum absolute atomic E-state index is 0.364. The van der Waals surface area contributed by atoms with Crippen LogP contribution in [0, 0.1) is 5.82 Å². The Hall–Kier alpha value is -3.44. The number of anilines is 2. The van der Waals surface area contributed by atoms with Gasteiger partial charge in [-0.05, 0) is 49.2 Å². The van der Waals surface area contributed by atoms with Gasteiger partial charge in [0.2, 0.25) is 0 Å². The Morgan fingerprint density at radius 2 is 1.86 bits per heavy atom. The monoisotopic (exact) mass is 496 g/mol. The van der Waals surface area contributed by atoms with Crippen molar-refractivity contribution in [3.05, 3.63) is 60.2 Å². The third-order valence-electron chi connectivity index (χ3n) is 6.09. The van der Waals surface area contributed by atoms with Crippen molar-refractivity contribution in [2.75, 3.05) is 43.6 Å². The Morgan fingerprint density at radius 1 is 1.11 bits per heavy atom. The van der Waals surface area contributed by atoms with Gasteiger partial charge in [0.15, 0.2) is 5.82 Å². The third kappa shape index (κ3) is 4.87. The summed E-state index contributed by atoms with van der Waals surface area (Å²) in [6.07, 6.45) is 3.02. The van der Waals surface area contributed by atoms with E-state index in [0.717, 1.165) is 5.82 Å². The van der Waals surface area contributed by atoms with Crippen LogP contribution in [0.4, 0.5) is 20.8 Å². The number of ether oxygens (including phenoxy) is 1. The molecule has 1 aliphatic carbocycles. The van der Waals surface area contributed by atoms with Crippen molar-refractivity contribution in [2.45, 2.75) is 22.5 Å². The zero-order valence-corrected chi connectivity index (χ0v) is 20.0. The molecule has 0 spiro atoms. The van der Waals surface area contributed by atoms with E-state index in [9.17, 15) is 13.4 Å². The maximum atomic E-state index is 13.6. The number of carbonyl (C=O) groups is 1. The molecule has 0 radical (unpaired) electrons. The fourth-order valence-electron chi connectivity index (χ4n) is 3.96. The average molecular weight is 497 g/mol. The van der Waals surface area contributed by atoms with Crippen molar-refractivity contribution in [1.82, 2.24) is 20.3 Å². The number of urea groups is 1. The molecule has 11 heteroatoms. The van der Waals surface area contributed by atoms with E-state index in [1.54, 1.807) is 30.5 Å². The minimum Gasteiger partial charge on any atom is -0.378 e. The number of benzene rings is 1. The number of pyridine rings is 1. The van der Waals surface area contributed by atoms with Crippen LogP contribution in [0.3, 0.4) is 0 Å². The Bertz CT molecular complexity index is 1250. The van der Waals surface area contributed by atoms with Crippen molar-refractivity contribution < 1.29 is 18.1 Å². The molecule has 2 N–H and O–H groups in total. The number of aromatic nitrogens is 3. The molecule has 1 saturated carbocycles. The normalized spacial score (nSPS) is 17.5. The van der Waals surface area contributed by atoms with Crippen molar-refractivity contribution in [1.29, 1.82) is 0 Å². The summed E-state index contributed by atoms with van der Waals surface area (Å²) in [7, 11) is 0.126. The second-order valence-corrected chi connectivity index (χ2v) is 10.2. The lowest BCUT2D eigenvalue weighted by molar-refractivity contribution is 0.122. The Labute approximate surface area is 204 Å². The van der Waals surface area contributed by atoms with Crippen LogP contribution in [0.1, 0.15) is 18.5 Å². The number of nitrogens with zero attached hydrogens (tertiary/aromatic N) is 4. The molecule has 3 aromatic rings. The van der Waals surface area contributed by atoms with E-state index in [1.165, 1.54) is 19.2 Å². The summed E-state index contributed by atoms with van der Waals surface area (Å²) in [4.78, 5) is 28.2. The van der Waals surface area contributed by atoms with E-state index in [2.05, 4.69) is 20.5 Å². The molecule has 2 fully saturated rings. The molecule has 2 amide bonds. The SMILES string of the molecule is CNC(=O)Nc1ccc(-c2nc(N3CCOCC3)cc(C3(S(=O)c4ccc(F)cc4)CC3)n2)cn1. The predicted octanol–water partition coefficient (Wildman–Crippen LogP) is 3.06. The van der Waals surface area contributed by atoms with E-state index >= 15 is 0 Å². The lowest BCUT2D eigenvalue weighted by Gasteiger charge is -2.29. The Morgan fingerprint density at radius 3 is 2.49 bits per heavy atom. The van der Waals surface area contributed by atoms with E-state index in [1.807, 2.05) is 6.07 Å². The summed E-state index contributed by atoms with van der Waals surface area (Å²) in [5.74, 6) is 1.23. The van der Waals surface area contributed by atoms with E-state index in [0.29, 0.717) is 66.9 Å². The summed E-state index contributed by atoms with van der Waals surface area (Å²) >= 11 is 0.